The second kappa shape index (κ2) is 65.2. The van der Waals surface area contributed by atoms with Gasteiger partial charge in [-0.3, -0.25) is 14.4 Å². The Bertz CT molecular complexity index is 1270. The molecule has 0 N–H and O–H groups in total. The van der Waals surface area contributed by atoms with Crippen molar-refractivity contribution in [3.8, 4) is 0 Å². The highest BCUT2D eigenvalue weighted by Gasteiger charge is 2.19. The first-order chi connectivity index (χ1) is 37.5. The van der Waals surface area contributed by atoms with Crippen LogP contribution in [0.5, 0.6) is 0 Å². The van der Waals surface area contributed by atoms with Gasteiger partial charge in [0.05, 0.1) is 0 Å². The summed E-state index contributed by atoms with van der Waals surface area (Å²) in [5, 5.41) is 0. The molecule has 0 saturated heterocycles. The molecule has 6 nitrogen and oxygen atoms in total. The Balaban J connectivity index is 4.10. The molecule has 0 bridgehead atoms. The minimum Gasteiger partial charge on any atom is -0.462 e. The van der Waals surface area contributed by atoms with E-state index in [2.05, 4.69) is 57.2 Å². The van der Waals surface area contributed by atoms with Gasteiger partial charge in [0, 0.05) is 19.3 Å². The molecule has 0 aliphatic rings. The van der Waals surface area contributed by atoms with Crippen molar-refractivity contribution in [1.29, 1.82) is 0 Å². The van der Waals surface area contributed by atoms with Crippen LogP contribution in [0, 0.1) is 0 Å². The Hall–Kier alpha value is -2.37. The van der Waals surface area contributed by atoms with Gasteiger partial charge in [0.25, 0.3) is 0 Å². The summed E-state index contributed by atoms with van der Waals surface area (Å²) in [6.45, 7) is 6.65. The van der Waals surface area contributed by atoms with Gasteiger partial charge in [-0.05, 0) is 96.3 Å². The van der Waals surface area contributed by atoms with E-state index in [9.17, 15) is 14.4 Å². The topological polar surface area (TPSA) is 78.9 Å². The van der Waals surface area contributed by atoms with Gasteiger partial charge in [-0.25, -0.2) is 0 Å². The fourth-order valence-electron chi connectivity index (χ4n) is 10.2. The number of carbonyl (C=O) groups excluding carboxylic acids is 3. The number of unbranched alkanes of at least 4 members (excludes halogenated alkanes) is 46. The molecule has 0 fully saturated rings. The summed E-state index contributed by atoms with van der Waals surface area (Å²) in [5.74, 6) is -0.870. The molecule has 1 atom stereocenters. The third kappa shape index (κ3) is 62.5. The third-order valence-electron chi connectivity index (χ3n) is 15.3. The lowest BCUT2D eigenvalue weighted by atomic mass is 10.0. The van der Waals surface area contributed by atoms with E-state index in [4.69, 9.17) is 14.2 Å². The predicted octanol–water partition coefficient (Wildman–Crippen LogP) is 23.2. The van der Waals surface area contributed by atoms with E-state index < -0.39 is 6.10 Å². The van der Waals surface area contributed by atoms with Crippen LogP contribution in [0.25, 0.3) is 0 Å². The third-order valence-corrected chi connectivity index (χ3v) is 15.3. The Labute approximate surface area is 474 Å². The van der Waals surface area contributed by atoms with Crippen LogP contribution in [0.4, 0.5) is 0 Å². The monoisotopic (exact) mass is 1070 g/mol. The Morgan fingerprint density at radius 2 is 0.434 bits per heavy atom. The minimum absolute atomic E-state index is 0.0741. The normalized spacial score (nSPS) is 12.2. The average Bonchev–Trinajstić information content (AvgIpc) is 3.42. The summed E-state index contributed by atoms with van der Waals surface area (Å²) in [5.41, 5.74) is 0. The Kier molecular flexibility index (Phi) is 63.1. The van der Waals surface area contributed by atoms with Crippen LogP contribution in [0.3, 0.4) is 0 Å². The molecule has 1 unspecified atom stereocenters. The zero-order chi connectivity index (χ0) is 55.0. The lowest BCUT2D eigenvalue weighted by molar-refractivity contribution is -0.167. The van der Waals surface area contributed by atoms with Gasteiger partial charge in [0.15, 0.2) is 6.10 Å². The van der Waals surface area contributed by atoms with Crippen molar-refractivity contribution in [3.63, 3.8) is 0 Å². The van der Waals surface area contributed by atoms with E-state index in [-0.39, 0.29) is 31.1 Å². The van der Waals surface area contributed by atoms with E-state index in [1.165, 1.54) is 263 Å². The summed E-state index contributed by atoms with van der Waals surface area (Å²) in [7, 11) is 0. The van der Waals surface area contributed by atoms with Crippen molar-refractivity contribution in [1.82, 2.24) is 0 Å². The molecule has 0 spiro atoms. The van der Waals surface area contributed by atoms with Gasteiger partial charge in [-0.2, -0.15) is 0 Å². The van der Waals surface area contributed by atoms with Crippen molar-refractivity contribution in [3.05, 3.63) is 36.5 Å². The summed E-state index contributed by atoms with van der Waals surface area (Å²) in [6.07, 6.45) is 80.4. The predicted molar refractivity (Wildman–Crippen MR) is 330 cm³/mol. The molecule has 0 heterocycles. The fraction of sp³-hybridized carbons (Fsp3) is 0.871. The largest absolute Gasteiger partial charge is 0.462 e. The van der Waals surface area contributed by atoms with Crippen molar-refractivity contribution in [2.75, 3.05) is 13.2 Å². The van der Waals surface area contributed by atoms with E-state index in [0.29, 0.717) is 19.3 Å². The van der Waals surface area contributed by atoms with Crippen LogP contribution in [0.2, 0.25) is 0 Å². The van der Waals surface area contributed by atoms with E-state index in [1.807, 2.05) is 0 Å². The highest BCUT2D eigenvalue weighted by molar-refractivity contribution is 5.71. The highest BCUT2D eigenvalue weighted by Crippen LogP contribution is 2.18. The van der Waals surface area contributed by atoms with Gasteiger partial charge in [0.1, 0.15) is 13.2 Å². The maximum Gasteiger partial charge on any atom is 0.306 e. The number of hydrogen-bond donors (Lipinski definition) is 0. The lowest BCUT2D eigenvalue weighted by Gasteiger charge is -2.18. The van der Waals surface area contributed by atoms with E-state index in [0.717, 1.165) is 70.6 Å². The van der Waals surface area contributed by atoms with Gasteiger partial charge in [-0.15, -0.1) is 0 Å². The Morgan fingerprint density at radius 3 is 0.684 bits per heavy atom. The molecular formula is C70H130O6. The standard InChI is InChI=1S/C70H130O6/c1-4-7-10-13-16-19-22-25-27-28-29-30-31-32-33-34-35-36-37-38-39-40-41-42-44-45-48-51-54-57-60-63-69(72)75-66-67(65-74-68(71)62-59-56-53-50-47-24-21-18-15-12-9-6-3)76-70(73)64-61-58-55-52-49-46-43-26-23-20-17-14-11-8-5-2/h18,21,26,28-29,43,67H,4-17,19-20,22-25,27,30-42,44-66H2,1-3H3/b21-18-,29-28-,43-26-. The molecule has 0 aliphatic heterocycles. The molecule has 0 amide bonds. The minimum atomic E-state index is -0.777. The molecule has 76 heavy (non-hydrogen) atoms. The molecule has 6 heteroatoms. The maximum atomic E-state index is 12.9. The molecule has 0 saturated carbocycles. The highest BCUT2D eigenvalue weighted by atomic mass is 16.6. The smallest absolute Gasteiger partial charge is 0.306 e. The van der Waals surface area contributed by atoms with Crippen LogP contribution >= 0.6 is 0 Å². The van der Waals surface area contributed by atoms with Crippen LogP contribution < -0.4 is 0 Å². The molecule has 0 aromatic carbocycles. The lowest BCUT2D eigenvalue weighted by Crippen LogP contribution is -2.30. The number of ether oxygens (including phenoxy) is 3. The molecule has 0 aromatic rings. The van der Waals surface area contributed by atoms with Crippen LogP contribution in [-0.4, -0.2) is 37.2 Å². The molecule has 0 radical (unpaired) electrons. The van der Waals surface area contributed by atoms with Gasteiger partial charge in [-0.1, -0.05) is 295 Å². The van der Waals surface area contributed by atoms with Gasteiger partial charge in [0.2, 0.25) is 0 Å². The van der Waals surface area contributed by atoms with Gasteiger partial charge < -0.3 is 14.2 Å². The zero-order valence-electron chi connectivity index (χ0n) is 51.3. The number of allylic oxidation sites excluding steroid dienone is 6. The van der Waals surface area contributed by atoms with Gasteiger partial charge >= 0.3 is 17.9 Å². The van der Waals surface area contributed by atoms with Crippen molar-refractivity contribution in [2.45, 2.75) is 380 Å². The van der Waals surface area contributed by atoms with Crippen LogP contribution in [0.1, 0.15) is 374 Å². The van der Waals surface area contributed by atoms with E-state index in [1.54, 1.807) is 0 Å². The second-order valence-corrected chi connectivity index (χ2v) is 23.1. The maximum absolute atomic E-state index is 12.9. The number of esters is 3. The molecular weight excluding hydrogens is 937 g/mol. The number of rotatable bonds is 63. The second-order valence-electron chi connectivity index (χ2n) is 23.1. The first-order valence-electron chi connectivity index (χ1n) is 34.0. The van der Waals surface area contributed by atoms with Crippen LogP contribution in [-0.2, 0) is 28.6 Å². The molecule has 0 rings (SSSR count). The first kappa shape index (κ1) is 73.6. The fourth-order valence-corrected chi connectivity index (χ4v) is 10.2. The summed E-state index contributed by atoms with van der Waals surface area (Å²) < 4.78 is 16.9. The first-order valence-corrected chi connectivity index (χ1v) is 34.0. The number of hydrogen-bond acceptors (Lipinski definition) is 6. The summed E-state index contributed by atoms with van der Waals surface area (Å²) in [4.78, 5) is 38.2. The molecule has 0 aliphatic carbocycles. The van der Waals surface area contributed by atoms with Crippen molar-refractivity contribution in [2.24, 2.45) is 0 Å². The number of carbonyl (C=O) groups is 3. The quantitative estimate of drug-likeness (QED) is 0.0261. The summed E-state index contributed by atoms with van der Waals surface area (Å²) >= 11 is 0. The Morgan fingerprint density at radius 1 is 0.250 bits per heavy atom. The SMILES string of the molecule is CCCCC/C=C\CCCCCCCC(=O)OCC(COC(=O)CCCCCCCCCCCCCCCCCCCCC/C=C\CCCCCCCCCC)OC(=O)CCCCCCC/C=C\CCCCCCCC. The molecule has 0 aromatic heterocycles. The van der Waals surface area contributed by atoms with Crippen LogP contribution in [0.15, 0.2) is 36.5 Å². The summed E-state index contributed by atoms with van der Waals surface area (Å²) in [6, 6.07) is 0. The van der Waals surface area contributed by atoms with Crippen molar-refractivity contribution < 1.29 is 28.6 Å². The zero-order valence-corrected chi connectivity index (χ0v) is 51.3. The van der Waals surface area contributed by atoms with Crippen molar-refractivity contribution >= 4 is 17.9 Å². The van der Waals surface area contributed by atoms with E-state index >= 15 is 0 Å². The average molecular weight is 1070 g/mol. The molecule has 446 valence electrons.